The third kappa shape index (κ3) is 4.93. The first-order valence-electron chi connectivity index (χ1n) is 7.75. The molecule has 0 aliphatic carbocycles. The van der Waals surface area contributed by atoms with E-state index in [-0.39, 0.29) is 13.2 Å². The smallest absolute Gasteiger partial charge is 0.327 e. The van der Waals surface area contributed by atoms with Crippen molar-refractivity contribution in [2.24, 2.45) is 0 Å². The fourth-order valence-corrected chi connectivity index (χ4v) is 2.15. The predicted octanol–water partition coefficient (Wildman–Crippen LogP) is -0.331. The van der Waals surface area contributed by atoms with Crippen LogP contribution in [-0.2, 0) is 20.8 Å². The van der Waals surface area contributed by atoms with E-state index in [2.05, 4.69) is 10.9 Å². The van der Waals surface area contributed by atoms with Crippen molar-refractivity contribution in [1.82, 2.24) is 20.7 Å². The average molecular weight is 348 g/mol. The van der Waals surface area contributed by atoms with Crippen LogP contribution < -0.4 is 15.6 Å². The quantitative estimate of drug-likeness (QED) is 0.541. The number of aryl methyl sites for hydroxylation is 1. The van der Waals surface area contributed by atoms with Crippen LogP contribution in [0.1, 0.15) is 12.5 Å². The van der Waals surface area contributed by atoms with E-state index in [0.717, 1.165) is 16.9 Å². The second-order valence-electron chi connectivity index (χ2n) is 5.50. The maximum absolute atomic E-state index is 11.7. The van der Waals surface area contributed by atoms with Crippen molar-refractivity contribution < 1.29 is 23.9 Å². The van der Waals surface area contributed by atoms with Crippen LogP contribution >= 0.6 is 0 Å². The molecule has 0 spiro atoms. The van der Waals surface area contributed by atoms with E-state index in [1.807, 2.05) is 19.1 Å². The molecule has 1 heterocycles. The number of rotatable bonds is 6. The highest BCUT2D eigenvalue weighted by Gasteiger charge is 2.34. The Morgan fingerprint density at radius 1 is 1.12 bits per heavy atom. The van der Waals surface area contributed by atoms with Gasteiger partial charge in [0.15, 0.2) is 6.61 Å². The highest BCUT2D eigenvalue weighted by atomic mass is 16.5. The molecule has 0 aromatic heterocycles. The van der Waals surface area contributed by atoms with Gasteiger partial charge in [0, 0.05) is 7.05 Å². The van der Waals surface area contributed by atoms with Gasteiger partial charge in [0.25, 0.3) is 17.7 Å². The van der Waals surface area contributed by atoms with Crippen LogP contribution in [0.2, 0.25) is 0 Å². The van der Waals surface area contributed by atoms with E-state index in [4.69, 9.17) is 4.74 Å². The first-order chi connectivity index (χ1) is 11.9. The number of urea groups is 1. The van der Waals surface area contributed by atoms with Gasteiger partial charge in [-0.15, -0.1) is 0 Å². The van der Waals surface area contributed by atoms with E-state index < -0.39 is 30.3 Å². The molecule has 9 nitrogen and oxygen atoms in total. The molecule has 0 bridgehead atoms. The Balaban J connectivity index is 1.71. The lowest BCUT2D eigenvalue weighted by Crippen LogP contribution is -2.49. The lowest BCUT2D eigenvalue weighted by atomic mass is 10.2. The van der Waals surface area contributed by atoms with Crippen molar-refractivity contribution in [3.63, 3.8) is 0 Å². The Hall–Kier alpha value is -3.10. The van der Waals surface area contributed by atoms with Crippen molar-refractivity contribution >= 4 is 23.8 Å². The molecule has 0 unspecified atom stereocenters. The summed E-state index contributed by atoms with van der Waals surface area (Å²) in [5.41, 5.74) is 5.45. The number of carbonyl (C=O) groups excluding carboxylic acids is 4. The number of ether oxygens (including phenoxy) is 1. The second-order valence-corrected chi connectivity index (χ2v) is 5.50. The highest BCUT2D eigenvalue weighted by molar-refractivity contribution is 6.04. The molecule has 5 amide bonds. The van der Waals surface area contributed by atoms with Crippen LogP contribution in [0.4, 0.5) is 4.79 Å². The topological polar surface area (TPSA) is 108 Å². The minimum atomic E-state index is -0.683. The second kappa shape index (κ2) is 8.13. The Kier molecular flexibility index (Phi) is 5.93. The molecule has 2 rings (SSSR count). The highest BCUT2D eigenvalue weighted by Crippen LogP contribution is 2.12. The van der Waals surface area contributed by atoms with E-state index >= 15 is 0 Å². The Bertz CT molecular complexity index is 674. The molecule has 1 fully saturated rings. The summed E-state index contributed by atoms with van der Waals surface area (Å²) >= 11 is 0. The molecular formula is C16H20N4O5. The summed E-state index contributed by atoms with van der Waals surface area (Å²) in [5, 5.41) is 0. The Labute approximate surface area is 144 Å². The first-order valence-corrected chi connectivity index (χ1v) is 7.75. The Morgan fingerprint density at radius 2 is 1.76 bits per heavy atom. The number of nitrogens with zero attached hydrogens (tertiary/aromatic N) is 2. The van der Waals surface area contributed by atoms with Gasteiger partial charge in [-0.3, -0.25) is 30.1 Å². The van der Waals surface area contributed by atoms with Crippen LogP contribution in [0.25, 0.3) is 0 Å². The van der Waals surface area contributed by atoms with Gasteiger partial charge in [-0.25, -0.2) is 4.79 Å². The minimum Gasteiger partial charge on any atom is -0.484 e. The van der Waals surface area contributed by atoms with Gasteiger partial charge in [0.1, 0.15) is 18.8 Å². The van der Waals surface area contributed by atoms with Crippen molar-refractivity contribution in [3.8, 4) is 5.75 Å². The lowest BCUT2D eigenvalue weighted by molar-refractivity contribution is -0.133. The van der Waals surface area contributed by atoms with Crippen molar-refractivity contribution in [3.05, 3.63) is 29.8 Å². The number of nitrogens with one attached hydrogen (secondary N) is 2. The molecule has 1 aromatic rings. The zero-order chi connectivity index (χ0) is 18.4. The van der Waals surface area contributed by atoms with Crippen LogP contribution in [0.5, 0.6) is 5.75 Å². The molecule has 134 valence electrons. The molecule has 0 saturated carbocycles. The molecule has 1 saturated heterocycles. The van der Waals surface area contributed by atoms with Gasteiger partial charge >= 0.3 is 6.03 Å². The number of hydrogen-bond donors (Lipinski definition) is 2. The number of imide groups is 1. The van der Waals surface area contributed by atoms with E-state index in [9.17, 15) is 19.2 Å². The van der Waals surface area contributed by atoms with Crippen LogP contribution in [0.15, 0.2) is 24.3 Å². The molecule has 2 N–H and O–H groups in total. The summed E-state index contributed by atoms with van der Waals surface area (Å²) in [5.74, 6) is -1.18. The summed E-state index contributed by atoms with van der Waals surface area (Å²) in [4.78, 5) is 48.6. The summed E-state index contributed by atoms with van der Waals surface area (Å²) in [6.07, 6.45) is 0.907. The lowest BCUT2D eigenvalue weighted by Gasteiger charge is -2.14. The normalized spacial score (nSPS) is 13.8. The maximum atomic E-state index is 11.7. The predicted molar refractivity (Wildman–Crippen MR) is 87.3 cm³/mol. The summed E-state index contributed by atoms with van der Waals surface area (Å²) in [7, 11) is 1.46. The fourth-order valence-electron chi connectivity index (χ4n) is 2.15. The maximum Gasteiger partial charge on any atom is 0.327 e. The number of hydrazine groups is 1. The monoisotopic (exact) mass is 348 g/mol. The summed E-state index contributed by atoms with van der Waals surface area (Å²) < 4.78 is 5.29. The number of benzene rings is 1. The minimum absolute atomic E-state index is 0.0663. The third-order valence-corrected chi connectivity index (χ3v) is 3.58. The van der Waals surface area contributed by atoms with Crippen molar-refractivity contribution in [2.75, 3.05) is 26.7 Å². The molecule has 0 atom stereocenters. The van der Waals surface area contributed by atoms with Gasteiger partial charge in [0.05, 0.1) is 0 Å². The van der Waals surface area contributed by atoms with Crippen LogP contribution in [0, 0.1) is 0 Å². The van der Waals surface area contributed by atoms with E-state index in [0.29, 0.717) is 5.75 Å². The standard InChI is InChI=1S/C16H20N4O5/c1-3-11-4-6-12(7-5-11)25-10-14(22)18-17-13(21)8-20-15(23)9-19(2)16(20)24/h4-7H,3,8-10H2,1-2H3,(H,17,21)(H,18,22). The van der Waals surface area contributed by atoms with Gasteiger partial charge in [0.2, 0.25) is 0 Å². The molecule has 9 heteroatoms. The molecule has 1 aromatic carbocycles. The number of hydrogen-bond acceptors (Lipinski definition) is 5. The summed E-state index contributed by atoms with van der Waals surface area (Å²) in [6, 6.07) is 6.76. The van der Waals surface area contributed by atoms with Gasteiger partial charge in [-0.1, -0.05) is 19.1 Å². The zero-order valence-electron chi connectivity index (χ0n) is 14.1. The zero-order valence-corrected chi connectivity index (χ0v) is 14.1. The van der Waals surface area contributed by atoms with Crippen molar-refractivity contribution in [2.45, 2.75) is 13.3 Å². The largest absolute Gasteiger partial charge is 0.484 e. The fraction of sp³-hybridized carbons (Fsp3) is 0.375. The van der Waals surface area contributed by atoms with Gasteiger partial charge in [-0.2, -0.15) is 0 Å². The van der Waals surface area contributed by atoms with Crippen LogP contribution in [0.3, 0.4) is 0 Å². The van der Waals surface area contributed by atoms with Gasteiger partial charge in [-0.05, 0) is 24.1 Å². The van der Waals surface area contributed by atoms with Crippen LogP contribution in [-0.4, -0.2) is 60.3 Å². The van der Waals surface area contributed by atoms with E-state index in [1.54, 1.807) is 12.1 Å². The molecule has 1 aliphatic heterocycles. The molecule has 1 aliphatic rings. The SMILES string of the molecule is CCc1ccc(OCC(=O)NNC(=O)CN2C(=O)CN(C)C2=O)cc1. The van der Waals surface area contributed by atoms with E-state index in [1.165, 1.54) is 11.9 Å². The third-order valence-electron chi connectivity index (χ3n) is 3.58. The molecule has 0 radical (unpaired) electrons. The Morgan fingerprint density at radius 3 is 2.32 bits per heavy atom. The van der Waals surface area contributed by atoms with Crippen molar-refractivity contribution in [1.29, 1.82) is 0 Å². The number of likely N-dealkylation sites (N-methyl/N-ethyl adjacent to an activating group) is 1. The van der Waals surface area contributed by atoms with Gasteiger partial charge < -0.3 is 9.64 Å². The first kappa shape index (κ1) is 18.2. The molecule has 25 heavy (non-hydrogen) atoms. The molecular weight excluding hydrogens is 328 g/mol. The average Bonchev–Trinajstić information content (AvgIpc) is 2.84. The summed E-state index contributed by atoms with van der Waals surface area (Å²) in [6.45, 7) is 1.23. The number of amides is 5. The number of carbonyl (C=O) groups is 4.